The number of hydrogen-bond acceptors (Lipinski definition) is 0. The van der Waals surface area contributed by atoms with Crippen molar-refractivity contribution in [1.29, 1.82) is 0 Å². The molecule has 0 aromatic heterocycles. The first kappa shape index (κ1) is 9.07. The minimum Gasteiger partial charge on any atom is -0.122 e. The van der Waals surface area contributed by atoms with Crippen molar-refractivity contribution in [2.24, 2.45) is 0 Å². The number of alkyl halides is 1. The van der Waals surface area contributed by atoms with E-state index >= 15 is 0 Å². The van der Waals surface area contributed by atoms with Gasteiger partial charge in [-0.15, -0.1) is 11.6 Å². The molecule has 0 saturated heterocycles. The first-order chi connectivity index (χ1) is 5.27. The SMILES string of the molecule is C=Cc1ccc(I)c(CCl)c1. The van der Waals surface area contributed by atoms with E-state index in [4.69, 9.17) is 11.6 Å². The Balaban J connectivity index is 3.12. The lowest BCUT2D eigenvalue weighted by Crippen LogP contribution is -1.84. The fourth-order valence-electron chi connectivity index (χ4n) is 0.824. The van der Waals surface area contributed by atoms with Gasteiger partial charge in [-0.3, -0.25) is 0 Å². The highest BCUT2D eigenvalue weighted by Crippen LogP contribution is 2.16. The zero-order valence-electron chi connectivity index (χ0n) is 5.98. The Morgan fingerprint density at radius 2 is 2.27 bits per heavy atom. The van der Waals surface area contributed by atoms with Crippen LogP contribution in [0.25, 0.3) is 6.08 Å². The first-order valence-corrected chi connectivity index (χ1v) is 4.86. The zero-order chi connectivity index (χ0) is 8.27. The van der Waals surface area contributed by atoms with Crippen molar-refractivity contribution in [1.82, 2.24) is 0 Å². The molecule has 0 aliphatic carbocycles. The van der Waals surface area contributed by atoms with Gasteiger partial charge >= 0.3 is 0 Å². The van der Waals surface area contributed by atoms with E-state index in [-0.39, 0.29) is 0 Å². The van der Waals surface area contributed by atoms with Crippen molar-refractivity contribution in [2.45, 2.75) is 5.88 Å². The molecule has 0 unspecified atom stereocenters. The average Bonchev–Trinajstić information content (AvgIpc) is 2.05. The van der Waals surface area contributed by atoms with Crippen molar-refractivity contribution in [3.63, 3.8) is 0 Å². The Hall–Kier alpha value is -0.0200. The van der Waals surface area contributed by atoms with Crippen molar-refractivity contribution in [3.8, 4) is 0 Å². The minimum atomic E-state index is 0.569. The molecular weight excluding hydrogens is 270 g/mol. The van der Waals surface area contributed by atoms with Gasteiger partial charge in [0.15, 0.2) is 0 Å². The summed E-state index contributed by atoms with van der Waals surface area (Å²) in [4.78, 5) is 0. The summed E-state index contributed by atoms with van der Waals surface area (Å²) in [7, 11) is 0. The topological polar surface area (TPSA) is 0 Å². The molecule has 0 atom stereocenters. The molecular formula is C9H8ClI. The maximum atomic E-state index is 5.72. The van der Waals surface area contributed by atoms with Crippen LogP contribution in [0, 0.1) is 3.57 Å². The van der Waals surface area contributed by atoms with E-state index in [1.807, 2.05) is 12.1 Å². The van der Waals surface area contributed by atoms with Crippen molar-refractivity contribution in [2.75, 3.05) is 0 Å². The molecule has 2 heteroatoms. The van der Waals surface area contributed by atoms with Crippen LogP contribution in [0.4, 0.5) is 0 Å². The molecule has 0 aliphatic rings. The molecule has 58 valence electrons. The van der Waals surface area contributed by atoms with Crippen LogP contribution < -0.4 is 0 Å². The van der Waals surface area contributed by atoms with Gasteiger partial charge in [-0.05, 0) is 45.9 Å². The van der Waals surface area contributed by atoms with Crippen molar-refractivity contribution >= 4 is 40.3 Å². The van der Waals surface area contributed by atoms with Crippen LogP contribution in [0.3, 0.4) is 0 Å². The predicted molar refractivity (Wildman–Crippen MR) is 58.8 cm³/mol. The van der Waals surface area contributed by atoms with E-state index in [0.29, 0.717) is 5.88 Å². The number of benzene rings is 1. The summed E-state index contributed by atoms with van der Waals surface area (Å²) in [5.74, 6) is 0.569. The molecule has 1 aromatic rings. The van der Waals surface area contributed by atoms with Gasteiger partial charge in [-0.2, -0.15) is 0 Å². The molecule has 0 heterocycles. The average molecular weight is 279 g/mol. The molecule has 0 saturated carbocycles. The van der Waals surface area contributed by atoms with E-state index in [0.717, 1.165) is 5.56 Å². The van der Waals surface area contributed by atoms with Crippen LogP contribution in [-0.2, 0) is 5.88 Å². The normalized spacial score (nSPS) is 9.64. The lowest BCUT2D eigenvalue weighted by molar-refractivity contribution is 1.36. The van der Waals surface area contributed by atoms with Crippen molar-refractivity contribution < 1.29 is 0 Å². The molecule has 0 spiro atoms. The molecule has 1 rings (SSSR count). The van der Waals surface area contributed by atoms with E-state index in [1.54, 1.807) is 0 Å². The third kappa shape index (κ3) is 2.20. The zero-order valence-corrected chi connectivity index (χ0v) is 8.89. The van der Waals surface area contributed by atoms with Crippen LogP contribution in [-0.4, -0.2) is 0 Å². The molecule has 0 radical (unpaired) electrons. The first-order valence-electron chi connectivity index (χ1n) is 3.24. The standard InChI is InChI=1S/C9H8ClI/c1-2-7-3-4-9(11)8(5-7)6-10/h2-5H,1,6H2. The van der Waals surface area contributed by atoms with Gasteiger partial charge in [0.05, 0.1) is 0 Å². The van der Waals surface area contributed by atoms with E-state index in [2.05, 4.69) is 41.3 Å². The highest BCUT2D eigenvalue weighted by molar-refractivity contribution is 14.1. The molecule has 0 N–H and O–H groups in total. The Kier molecular flexibility index (Phi) is 3.40. The maximum absolute atomic E-state index is 5.72. The van der Waals surface area contributed by atoms with Crippen LogP contribution >= 0.6 is 34.2 Å². The Bertz CT molecular complexity index is 268. The van der Waals surface area contributed by atoms with Crippen LogP contribution in [0.15, 0.2) is 24.8 Å². The van der Waals surface area contributed by atoms with Gasteiger partial charge in [-0.1, -0.05) is 18.7 Å². The largest absolute Gasteiger partial charge is 0.122 e. The van der Waals surface area contributed by atoms with E-state index < -0.39 is 0 Å². The minimum absolute atomic E-state index is 0.569. The van der Waals surface area contributed by atoms with Gasteiger partial charge in [-0.25, -0.2) is 0 Å². The molecule has 11 heavy (non-hydrogen) atoms. The van der Waals surface area contributed by atoms with Crippen LogP contribution in [0.1, 0.15) is 11.1 Å². The highest BCUT2D eigenvalue weighted by Gasteiger charge is 1.97. The molecule has 0 aliphatic heterocycles. The van der Waals surface area contributed by atoms with E-state index in [9.17, 15) is 0 Å². The third-order valence-corrected chi connectivity index (χ3v) is 2.79. The smallest absolute Gasteiger partial charge is 0.0484 e. The number of hydrogen-bond donors (Lipinski definition) is 0. The summed E-state index contributed by atoms with van der Waals surface area (Å²) >= 11 is 8.00. The monoisotopic (exact) mass is 278 g/mol. The summed E-state index contributed by atoms with van der Waals surface area (Å²) in [6.45, 7) is 3.69. The molecule has 0 nitrogen and oxygen atoms in total. The summed E-state index contributed by atoms with van der Waals surface area (Å²) in [5, 5.41) is 0. The molecule has 0 fully saturated rings. The fourth-order valence-corrected chi connectivity index (χ4v) is 1.80. The van der Waals surface area contributed by atoms with Gasteiger partial charge in [0, 0.05) is 9.45 Å². The van der Waals surface area contributed by atoms with E-state index in [1.165, 1.54) is 9.13 Å². The van der Waals surface area contributed by atoms with Gasteiger partial charge in [0.1, 0.15) is 0 Å². The quantitative estimate of drug-likeness (QED) is 0.572. The Morgan fingerprint density at radius 1 is 1.55 bits per heavy atom. The number of rotatable bonds is 2. The van der Waals surface area contributed by atoms with Gasteiger partial charge in [0.25, 0.3) is 0 Å². The summed E-state index contributed by atoms with van der Waals surface area (Å²) in [6.07, 6.45) is 1.83. The lowest BCUT2D eigenvalue weighted by Gasteiger charge is -2.00. The fraction of sp³-hybridized carbons (Fsp3) is 0.111. The molecule has 0 amide bonds. The summed E-state index contributed by atoms with van der Waals surface area (Å²) in [5.41, 5.74) is 2.30. The Morgan fingerprint density at radius 3 is 2.82 bits per heavy atom. The van der Waals surface area contributed by atoms with Crippen LogP contribution in [0.2, 0.25) is 0 Å². The summed E-state index contributed by atoms with van der Waals surface area (Å²) in [6, 6.07) is 6.14. The molecule has 0 bridgehead atoms. The van der Waals surface area contributed by atoms with Gasteiger partial charge in [0.2, 0.25) is 0 Å². The second-order valence-corrected chi connectivity index (χ2v) is 3.62. The van der Waals surface area contributed by atoms with Crippen molar-refractivity contribution in [3.05, 3.63) is 39.5 Å². The second-order valence-electron chi connectivity index (χ2n) is 2.19. The highest BCUT2D eigenvalue weighted by atomic mass is 127. The Labute approximate surface area is 85.4 Å². The summed E-state index contributed by atoms with van der Waals surface area (Å²) < 4.78 is 1.21. The predicted octanol–water partition coefficient (Wildman–Crippen LogP) is 3.67. The third-order valence-electron chi connectivity index (χ3n) is 1.45. The second kappa shape index (κ2) is 4.12. The van der Waals surface area contributed by atoms with Crippen LogP contribution in [0.5, 0.6) is 0 Å². The maximum Gasteiger partial charge on any atom is 0.0484 e. The lowest BCUT2D eigenvalue weighted by atomic mass is 10.1. The molecule has 1 aromatic carbocycles. The number of halogens is 2. The van der Waals surface area contributed by atoms with Gasteiger partial charge < -0.3 is 0 Å².